The number of nitrogens with one attached hydrogen (secondary N) is 1. The summed E-state index contributed by atoms with van der Waals surface area (Å²) in [7, 11) is 0. The summed E-state index contributed by atoms with van der Waals surface area (Å²) >= 11 is 2.18. The number of pyridine rings is 1. The van der Waals surface area contributed by atoms with Crippen LogP contribution in [0.2, 0.25) is 0 Å². The fourth-order valence-electron chi connectivity index (χ4n) is 0.632. The Morgan fingerprint density at radius 2 is 2.45 bits per heavy atom. The van der Waals surface area contributed by atoms with Crippen LogP contribution in [0, 0.1) is 0 Å². The van der Waals surface area contributed by atoms with Gasteiger partial charge in [-0.2, -0.15) is 0 Å². The number of hydrogen-bond acceptors (Lipinski definition) is 3. The fraction of sp³-hybridized carbons (Fsp3) is 0.167. The highest BCUT2D eigenvalue weighted by atomic mass is 79.9. The Bertz CT molecular complexity index is 244. The minimum Gasteiger partial charge on any atom is -0.593 e. The summed E-state index contributed by atoms with van der Waals surface area (Å²) < 4.78 is 14.2. The van der Waals surface area contributed by atoms with Crippen molar-refractivity contribution in [2.75, 3.05) is 11.0 Å². The summed E-state index contributed by atoms with van der Waals surface area (Å²) in [6.07, 6.45) is 3.22. The third-order valence-electron chi connectivity index (χ3n) is 0.988. The molecule has 1 N–H and O–H groups in total. The van der Waals surface area contributed by atoms with E-state index in [1.807, 2.05) is 0 Å². The van der Waals surface area contributed by atoms with E-state index < -0.39 is 11.4 Å². The smallest absolute Gasteiger partial charge is 0.121 e. The van der Waals surface area contributed by atoms with Crippen LogP contribution in [0.15, 0.2) is 22.9 Å². The molecule has 1 rings (SSSR count). The minimum atomic E-state index is -1.02. The zero-order chi connectivity index (χ0) is 8.27. The van der Waals surface area contributed by atoms with E-state index in [2.05, 4.69) is 25.6 Å². The molecule has 0 aromatic carbocycles. The number of halogens is 1. The lowest BCUT2D eigenvalue weighted by Crippen LogP contribution is -2.09. The Kier molecular flexibility index (Phi) is 3.16. The Morgan fingerprint density at radius 3 is 3.00 bits per heavy atom. The largest absolute Gasteiger partial charge is 0.593 e. The van der Waals surface area contributed by atoms with E-state index in [-0.39, 0.29) is 0 Å². The standard InChI is InChI=1S/C6H7BrN2OS/c1-11(10)9-5-2-3-8-6(7)4-5/h2-4H,1H3,(H,8,9). The van der Waals surface area contributed by atoms with Crippen molar-refractivity contribution in [3.8, 4) is 0 Å². The van der Waals surface area contributed by atoms with E-state index in [1.165, 1.54) is 0 Å². The van der Waals surface area contributed by atoms with E-state index in [9.17, 15) is 4.55 Å². The zero-order valence-electron chi connectivity index (χ0n) is 5.87. The molecule has 0 saturated carbocycles. The van der Waals surface area contributed by atoms with Crippen molar-refractivity contribution >= 4 is 33.0 Å². The van der Waals surface area contributed by atoms with Crippen molar-refractivity contribution in [1.82, 2.24) is 4.98 Å². The molecule has 1 atom stereocenters. The molecule has 0 fully saturated rings. The van der Waals surface area contributed by atoms with Gasteiger partial charge in [0.1, 0.15) is 10.9 Å². The SMILES string of the molecule is C[S+]([O-])Nc1ccnc(Br)c1. The quantitative estimate of drug-likeness (QED) is 0.624. The molecule has 0 bridgehead atoms. The molecule has 1 aromatic rings. The molecule has 0 spiro atoms. The second-order valence-corrected chi connectivity index (χ2v) is 3.85. The first-order chi connectivity index (χ1) is 5.18. The maximum absolute atomic E-state index is 10.7. The van der Waals surface area contributed by atoms with Crippen LogP contribution in [0.4, 0.5) is 5.69 Å². The highest BCUT2D eigenvalue weighted by Crippen LogP contribution is 2.13. The van der Waals surface area contributed by atoms with Crippen LogP contribution in [0.25, 0.3) is 0 Å². The van der Waals surface area contributed by atoms with Gasteiger partial charge < -0.3 is 4.55 Å². The lowest BCUT2D eigenvalue weighted by molar-refractivity contribution is 0.605. The third kappa shape index (κ3) is 3.09. The maximum atomic E-state index is 10.7. The van der Waals surface area contributed by atoms with E-state index in [4.69, 9.17) is 0 Å². The van der Waals surface area contributed by atoms with Crippen LogP contribution in [0.5, 0.6) is 0 Å². The molecule has 5 heteroatoms. The van der Waals surface area contributed by atoms with Gasteiger partial charge in [-0.25, -0.2) is 9.71 Å². The van der Waals surface area contributed by atoms with Crippen LogP contribution in [0.1, 0.15) is 0 Å². The van der Waals surface area contributed by atoms with Crippen LogP contribution in [0.3, 0.4) is 0 Å². The Hall–Kier alpha value is -0.260. The van der Waals surface area contributed by atoms with Gasteiger partial charge in [0.05, 0.1) is 17.0 Å². The maximum Gasteiger partial charge on any atom is 0.121 e. The average Bonchev–Trinajstić information content (AvgIpc) is 1.85. The molecule has 0 aliphatic carbocycles. The van der Waals surface area contributed by atoms with E-state index >= 15 is 0 Å². The van der Waals surface area contributed by atoms with E-state index in [0.29, 0.717) is 0 Å². The first-order valence-corrected chi connectivity index (χ1v) is 5.25. The summed E-state index contributed by atoms with van der Waals surface area (Å²) in [6, 6.07) is 3.52. The highest BCUT2D eigenvalue weighted by Gasteiger charge is 1.98. The van der Waals surface area contributed by atoms with Crippen LogP contribution in [-0.4, -0.2) is 15.8 Å². The van der Waals surface area contributed by atoms with Gasteiger partial charge in [0.15, 0.2) is 0 Å². The average molecular weight is 235 g/mol. The molecule has 0 amide bonds. The zero-order valence-corrected chi connectivity index (χ0v) is 8.28. The van der Waals surface area contributed by atoms with Gasteiger partial charge in [0.2, 0.25) is 0 Å². The second kappa shape index (κ2) is 3.94. The van der Waals surface area contributed by atoms with Gasteiger partial charge >= 0.3 is 0 Å². The van der Waals surface area contributed by atoms with Crippen LogP contribution < -0.4 is 4.72 Å². The lowest BCUT2D eigenvalue weighted by atomic mass is 10.4. The van der Waals surface area contributed by atoms with Gasteiger partial charge in [-0.1, -0.05) is 0 Å². The van der Waals surface area contributed by atoms with Crippen LogP contribution in [-0.2, 0) is 11.4 Å². The number of rotatable bonds is 2. The molecule has 0 aliphatic heterocycles. The molecule has 11 heavy (non-hydrogen) atoms. The molecule has 1 heterocycles. The molecule has 1 unspecified atom stereocenters. The van der Waals surface area contributed by atoms with Crippen molar-refractivity contribution < 1.29 is 4.55 Å². The predicted molar refractivity (Wildman–Crippen MR) is 49.6 cm³/mol. The summed E-state index contributed by atoms with van der Waals surface area (Å²) in [5.41, 5.74) is 0.799. The van der Waals surface area contributed by atoms with Crippen molar-refractivity contribution in [1.29, 1.82) is 0 Å². The van der Waals surface area contributed by atoms with Crippen molar-refractivity contribution in [3.05, 3.63) is 22.9 Å². The molecule has 1 aromatic heterocycles. The topological polar surface area (TPSA) is 48.0 Å². The van der Waals surface area contributed by atoms with Crippen molar-refractivity contribution in [2.45, 2.75) is 0 Å². The third-order valence-corrected chi connectivity index (χ3v) is 1.94. The first-order valence-electron chi connectivity index (χ1n) is 2.90. The van der Waals surface area contributed by atoms with Gasteiger partial charge in [0, 0.05) is 6.20 Å². The second-order valence-electron chi connectivity index (χ2n) is 1.92. The van der Waals surface area contributed by atoms with E-state index in [0.717, 1.165) is 10.3 Å². The van der Waals surface area contributed by atoms with Gasteiger partial charge in [0.25, 0.3) is 0 Å². The summed E-state index contributed by atoms with van der Waals surface area (Å²) in [4.78, 5) is 3.92. The Morgan fingerprint density at radius 1 is 1.73 bits per heavy atom. The Labute approximate surface area is 76.7 Å². The fourth-order valence-corrected chi connectivity index (χ4v) is 1.46. The molecule has 0 radical (unpaired) electrons. The monoisotopic (exact) mass is 234 g/mol. The summed E-state index contributed by atoms with van der Waals surface area (Å²) in [5.74, 6) is 0. The number of aromatic nitrogens is 1. The van der Waals surface area contributed by atoms with E-state index in [1.54, 1.807) is 24.6 Å². The number of hydrogen-bond donors (Lipinski definition) is 1. The summed E-state index contributed by atoms with van der Waals surface area (Å²) in [6.45, 7) is 0. The van der Waals surface area contributed by atoms with Gasteiger partial charge in [-0.3, -0.25) is 0 Å². The van der Waals surface area contributed by atoms with Gasteiger partial charge in [-0.05, 0) is 28.1 Å². The van der Waals surface area contributed by atoms with Crippen molar-refractivity contribution in [2.24, 2.45) is 0 Å². The molecule has 60 valence electrons. The van der Waals surface area contributed by atoms with Gasteiger partial charge in [-0.15, -0.1) is 0 Å². The lowest BCUT2D eigenvalue weighted by Gasteiger charge is -2.05. The predicted octanol–water partition coefficient (Wildman–Crippen LogP) is 1.55. The minimum absolute atomic E-state index is 0.730. The molecule has 0 aliphatic rings. The molecular formula is C6H7BrN2OS. The molecular weight excluding hydrogens is 228 g/mol. The first kappa shape index (κ1) is 8.83. The van der Waals surface area contributed by atoms with Crippen LogP contribution >= 0.6 is 15.9 Å². The highest BCUT2D eigenvalue weighted by molar-refractivity contribution is 9.10. The molecule has 3 nitrogen and oxygen atoms in total. The summed E-state index contributed by atoms with van der Waals surface area (Å²) in [5, 5.41) is 0. The number of anilines is 1. The normalized spacial score (nSPS) is 12.6. The Balaban J connectivity index is 2.71. The molecule has 0 saturated heterocycles. The van der Waals surface area contributed by atoms with Crippen molar-refractivity contribution in [3.63, 3.8) is 0 Å². The number of nitrogens with zero attached hydrogens (tertiary/aromatic N) is 1.